The lowest BCUT2D eigenvalue weighted by Gasteiger charge is -2.33. The number of hydrogen-bond acceptors (Lipinski definition) is 16. The van der Waals surface area contributed by atoms with Crippen molar-refractivity contribution in [2.45, 2.75) is 195 Å². The number of aliphatic imine (C=N–C) groups is 1. The van der Waals surface area contributed by atoms with Crippen LogP contribution in [0.15, 0.2) is 96.1 Å². The van der Waals surface area contributed by atoms with Gasteiger partial charge in [-0.05, 0) is 126 Å². The van der Waals surface area contributed by atoms with Gasteiger partial charge in [-0.15, -0.1) is 0 Å². The van der Waals surface area contributed by atoms with Gasteiger partial charge in [0.15, 0.2) is 5.96 Å². The molecular weight excluding hydrogens is 1330 g/mol. The van der Waals surface area contributed by atoms with E-state index in [1.54, 1.807) is 66.9 Å². The third-order valence-electron chi connectivity index (χ3n) is 19.3. The number of carbonyl (C=O) groups excluding carboxylic acids is 12. The summed E-state index contributed by atoms with van der Waals surface area (Å²) in [6, 6.07) is 10.8. The summed E-state index contributed by atoms with van der Waals surface area (Å²) >= 11 is 0. The topological polar surface area (TPSA) is 512 Å². The maximum atomic E-state index is 15.2. The van der Waals surface area contributed by atoms with Crippen molar-refractivity contribution in [1.82, 2.24) is 56.5 Å². The summed E-state index contributed by atoms with van der Waals surface area (Å²) in [6.45, 7) is 1.11. The molecule has 0 radical (unpaired) electrons. The Kier molecular flexibility index (Phi) is 28.8. The van der Waals surface area contributed by atoms with Gasteiger partial charge in [-0.1, -0.05) is 78.9 Å². The molecule has 0 unspecified atom stereocenters. The van der Waals surface area contributed by atoms with E-state index in [-0.39, 0.29) is 96.6 Å². The molecule has 4 aliphatic heterocycles. The number of aromatic amines is 1. The zero-order chi connectivity index (χ0) is 74.3. The highest BCUT2D eigenvalue weighted by Crippen LogP contribution is 2.29. The zero-order valence-corrected chi connectivity index (χ0v) is 57.9. The van der Waals surface area contributed by atoms with E-state index in [4.69, 9.17) is 34.4 Å². The molecule has 3 aromatic carbocycles. The maximum absolute atomic E-state index is 15.2. The van der Waals surface area contributed by atoms with Crippen LogP contribution < -0.4 is 66.3 Å². The molecule has 4 aliphatic rings. The molecule has 32 heteroatoms. The van der Waals surface area contributed by atoms with Gasteiger partial charge >= 0.3 is 5.97 Å². The van der Waals surface area contributed by atoms with Crippen LogP contribution in [0.25, 0.3) is 10.9 Å². The first-order chi connectivity index (χ1) is 49.4. The molecule has 5 heterocycles. The second-order valence-electron chi connectivity index (χ2n) is 26.8. The second kappa shape index (κ2) is 38.0. The Hall–Kier alpha value is -10.5. The Labute approximate surface area is 596 Å². The van der Waals surface area contributed by atoms with Crippen molar-refractivity contribution in [3.8, 4) is 0 Å². The molecular formula is C71H98N18O14. The van der Waals surface area contributed by atoms with E-state index >= 15 is 9.59 Å². The fourth-order valence-electron chi connectivity index (χ4n) is 14.0. The van der Waals surface area contributed by atoms with Crippen LogP contribution in [0.2, 0.25) is 0 Å². The average molecular weight is 1430 g/mol. The first-order valence-corrected chi connectivity index (χ1v) is 35.4. The molecule has 556 valence electrons. The fraction of sp³-hybridized carbons (Fsp3) is 0.521. The molecule has 12 amide bonds. The van der Waals surface area contributed by atoms with Crippen LogP contribution in [0.4, 0.5) is 0 Å². The molecule has 0 spiro atoms. The molecule has 0 aliphatic carbocycles. The summed E-state index contributed by atoms with van der Waals surface area (Å²) < 4.78 is 0. The number of fused-ring (bicyclic) bond motifs is 1. The normalized spacial score (nSPS) is 19.2. The van der Waals surface area contributed by atoms with Crippen LogP contribution in [0.3, 0.4) is 0 Å². The second-order valence-corrected chi connectivity index (χ2v) is 26.8. The van der Waals surface area contributed by atoms with Crippen molar-refractivity contribution in [1.29, 1.82) is 0 Å². The molecule has 4 fully saturated rings. The number of para-hydroxylation sites is 1. The highest BCUT2D eigenvalue weighted by atomic mass is 16.4. The Morgan fingerprint density at radius 2 is 0.922 bits per heavy atom. The molecule has 4 aromatic rings. The lowest BCUT2D eigenvalue weighted by molar-refractivity contribution is -0.148. The molecule has 32 nitrogen and oxygen atoms in total. The predicted octanol–water partition coefficient (Wildman–Crippen LogP) is -1.81. The third-order valence-corrected chi connectivity index (χ3v) is 19.3. The number of amides is 12. The lowest BCUT2D eigenvalue weighted by Crippen LogP contribution is -2.61. The summed E-state index contributed by atoms with van der Waals surface area (Å²) in [6.07, 6.45) is 3.79. The van der Waals surface area contributed by atoms with E-state index in [9.17, 15) is 57.8 Å². The molecule has 103 heavy (non-hydrogen) atoms. The minimum Gasteiger partial charge on any atom is -0.480 e. The van der Waals surface area contributed by atoms with Gasteiger partial charge in [0.2, 0.25) is 70.9 Å². The van der Waals surface area contributed by atoms with Crippen molar-refractivity contribution >= 4 is 93.7 Å². The van der Waals surface area contributed by atoms with Crippen LogP contribution in [0.1, 0.15) is 126 Å². The number of hydrogen-bond donors (Lipinski definition) is 14. The van der Waals surface area contributed by atoms with Crippen molar-refractivity contribution in [3.63, 3.8) is 0 Å². The number of carboxylic acid groups (broad SMARTS) is 1. The van der Waals surface area contributed by atoms with Gasteiger partial charge in [0.1, 0.15) is 60.4 Å². The number of rotatable bonds is 37. The quantitative estimate of drug-likeness (QED) is 0.0134. The zero-order valence-electron chi connectivity index (χ0n) is 57.9. The van der Waals surface area contributed by atoms with Crippen LogP contribution in [-0.2, 0) is 81.6 Å². The van der Waals surface area contributed by atoms with Gasteiger partial charge in [0, 0.05) is 81.9 Å². The maximum Gasteiger partial charge on any atom is 0.326 e. The number of likely N-dealkylation sites (tertiary alicyclic amines) is 4. The number of guanidine groups is 1. The number of carboxylic acids is 1. The molecule has 0 bridgehead atoms. The number of H-pyrrole nitrogens is 1. The third kappa shape index (κ3) is 21.8. The average Bonchev–Trinajstić information content (AvgIpc) is 1.70. The first kappa shape index (κ1) is 78.2. The van der Waals surface area contributed by atoms with E-state index in [0.717, 1.165) is 10.9 Å². The van der Waals surface area contributed by atoms with Crippen LogP contribution >= 0.6 is 0 Å². The molecule has 0 saturated carbocycles. The number of aliphatic carboxylic acids is 1. The number of carbonyl (C=O) groups is 13. The number of aromatic nitrogens is 1. The lowest BCUT2D eigenvalue weighted by atomic mass is 10.0. The number of nitrogens with zero attached hydrogens (tertiary/aromatic N) is 5. The summed E-state index contributed by atoms with van der Waals surface area (Å²) in [4.78, 5) is 195. The first-order valence-electron chi connectivity index (χ1n) is 35.4. The van der Waals surface area contributed by atoms with Gasteiger partial charge in [-0.3, -0.25) is 62.5 Å². The van der Waals surface area contributed by atoms with Crippen LogP contribution in [0.5, 0.6) is 0 Å². The highest BCUT2D eigenvalue weighted by Gasteiger charge is 2.46. The fourth-order valence-corrected chi connectivity index (χ4v) is 14.0. The number of primary amides is 2. The Bertz CT molecular complexity index is 3700. The Balaban J connectivity index is 0.968. The Morgan fingerprint density at radius 3 is 1.48 bits per heavy atom. The number of nitrogens with one attached hydrogen (secondary N) is 7. The number of benzene rings is 3. The van der Waals surface area contributed by atoms with Crippen molar-refractivity contribution in [2.24, 2.45) is 39.4 Å². The van der Waals surface area contributed by atoms with Gasteiger partial charge in [0.25, 0.3) is 0 Å². The van der Waals surface area contributed by atoms with Crippen molar-refractivity contribution in [3.05, 3.63) is 108 Å². The smallest absolute Gasteiger partial charge is 0.326 e. The van der Waals surface area contributed by atoms with Crippen LogP contribution in [0, 0.1) is 0 Å². The van der Waals surface area contributed by atoms with E-state index in [1.165, 1.54) is 19.6 Å². The van der Waals surface area contributed by atoms with Gasteiger partial charge in [-0.25, -0.2) is 4.79 Å². The molecule has 4 saturated heterocycles. The van der Waals surface area contributed by atoms with Crippen LogP contribution in [-0.4, -0.2) is 218 Å². The summed E-state index contributed by atoms with van der Waals surface area (Å²) in [5.74, 6) is -10.3. The molecule has 8 rings (SSSR count). The monoisotopic (exact) mass is 1430 g/mol. The summed E-state index contributed by atoms with van der Waals surface area (Å²) in [7, 11) is 0. The highest BCUT2D eigenvalue weighted by molar-refractivity contribution is 6.00. The molecule has 11 atom stereocenters. The molecule has 20 N–H and O–H groups in total. The minimum atomic E-state index is -1.65. The number of nitrogens with two attached hydrogens (primary N) is 6. The van der Waals surface area contributed by atoms with Gasteiger partial charge in [-0.2, -0.15) is 0 Å². The van der Waals surface area contributed by atoms with E-state index in [0.29, 0.717) is 68.1 Å². The number of unbranched alkanes of at least 4 members (excludes halogenated alkanes) is 1. The summed E-state index contributed by atoms with van der Waals surface area (Å²) in [5, 5.41) is 27.4. The van der Waals surface area contributed by atoms with E-state index in [2.05, 4.69) is 41.9 Å². The van der Waals surface area contributed by atoms with E-state index in [1.807, 2.05) is 24.3 Å². The van der Waals surface area contributed by atoms with Gasteiger partial charge < -0.3 is 96.0 Å². The van der Waals surface area contributed by atoms with Crippen molar-refractivity contribution < 1.29 is 67.4 Å². The minimum absolute atomic E-state index is 0.0377. The molecule has 1 aromatic heterocycles. The van der Waals surface area contributed by atoms with Crippen molar-refractivity contribution in [2.75, 3.05) is 39.3 Å². The SMILES string of the molecule is NCCCC[C@H](NC(=O)[C@@H]1CCCN1C(=O)[C@@H](N)CCCN=C(N)N)C(=O)N1CCC[C@H]1C(=O)N[C@@H](CCC(N)=O)C(=O)N[C@@H](CCC(N)=O)C(=O)N[C@@H](Cc1ccccc1)C(=O)N[C@@H](Cc1ccccc1)C(=O)N1CCC[C@@H]1C(=O)N1CCC[C@H]1C(=O)N[C@@H](Cc1c[nH]c2ccccc12)C(=O)O. The predicted molar refractivity (Wildman–Crippen MR) is 378 cm³/mol. The Morgan fingerprint density at radius 1 is 0.476 bits per heavy atom. The largest absolute Gasteiger partial charge is 0.480 e. The standard InChI is InChI=1S/C71H98N18O14/c72-32-10-9-23-50(82-64(96)54-24-12-34-86(54)66(98)46(73)21-11-33-78-71(76)77)67(99)87-35-13-25-55(87)63(95)81-49(29-31-59(75)91)60(92)80-48(28-30-58(74)90)61(93)83-51(38-42-16-3-1-4-17-42)62(94)84-52(39-43-18-5-2-6-19-43)68(100)89-37-15-27-57(89)69(101)88-36-14-26-56(88)65(97)85-53(70(102)103)40-44-41-79-47-22-8-7-20-45(44)47/h1-8,16-20,22,41,46,48-57,79H,9-15,21,23-40,72-73H2,(H2,74,90)(H2,75,91)(H,80,92)(H,81,95)(H,82,96)(H,83,93)(H,84,94)(H,85,97)(H,102,103)(H4,76,77,78)/t46-,48-,49-,50-,51-,52-,53-,54-,55-,56-,57+/m0/s1. The summed E-state index contributed by atoms with van der Waals surface area (Å²) in [5.41, 5.74) is 36.8. The van der Waals surface area contributed by atoms with E-state index < -0.39 is 169 Å². The van der Waals surface area contributed by atoms with Gasteiger partial charge in [0.05, 0.1) is 6.04 Å².